The summed E-state index contributed by atoms with van der Waals surface area (Å²) in [6, 6.07) is 12.6. The zero-order valence-electron chi connectivity index (χ0n) is 22.1. The third-order valence-electron chi connectivity index (χ3n) is 7.65. The molecule has 0 bridgehead atoms. The van der Waals surface area contributed by atoms with Gasteiger partial charge in [0.15, 0.2) is 11.5 Å². The van der Waals surface area contributed by atoms with Crippen LogP contribution in [0.3, 0.4) is 0 Å². The average molecular weight is 567 g/mol. The maximum atomic E-state index is 14.4. The summed E-state index contributed by atoms with van der Waals surface area (Å²) < 4.78 is 27.0. The predicted octanol–water partition coefficient (Wildman–Crippen LogP) is 4.51. The smallest absolute Gasteiger partial charge is 0.343 e. The van der Waals surface area contributed by atoms with Crippen LogP contribution in [-0.2, 0) is 16.7 Å². The highest BCUT2D eigenvalue weighted by atomic mass is 35.5. The number of hydrogen-bond donors (Lipinski definition) is 0. The monoisotopic (exact) mass is 566 g/mol. The van der Waals surface area contributed by atoms with Crippen LogP contribution in [0.15, 0.2) is 59.5 Å². The highest BCUT2D eigenvalue weighted by Crippen LogP contribution is 2.48. The molecule has 1 fully saturated rings. The van der Waals surface area contributed by atoms with E-state index in [0.717, 1.165) is 0 Å². The van der Waals surface area contributed by atoms with E-state index >= 15 is 0 Å². The molecule has 0 N–H and O–H groups in total. The van der Waals surface area contributed by atoms with Crippen molar-refractivity contribution in [3.63, 3.8) is 0 Å². The first kappa shape index (κ1) is 27.7. The van der Waals surface area contributed by atoms with Gasteiger partial charge in [0.05, 0.1) is 21.7 Å². The molecule has 5 rings (SSSR count). The number of carbonyl (C=O) groups is 3. The number of Topliss-reactive ketones (excluding diaryl/α,β-unsaturated/α-hetero) is 1. The van der Waals surface area contributed by atoms with E-state index in [2.05, 4.69) is 0 Å². The highest BCUT2D eigenvalue weighted by Gasteiger charge is 2.52. The Kier molecular flexibility index (Phi) is 7.61. The molecule has 1 aliphatic carbocycles. The Hall–Kier alpha value is -3.82. The zero-order chi connectivity index (χ0) is 28.6. The van der Waals surface area contributed by atoms with Crippen LogP contribution in [0.5, 0.6) is 5.75 Å². The summed E-state index contributed by atoms with van der Waals surface area (Å²) in [6.45, 7) is 0.886. The fraction of sp³-hybridized carbons (Fsp3) is 0.333. The van der Waals surface area contributed by atoms with E-state index in [9.17, 15) is 23.6 Å². The highest BCUT2D eigenvalue weighted by molar-refractivity contribution is 6.30. The van der Waals surface area contributed by atoms with Gasteiger partial charge in [-0.15, -0.1) is 0 Å². The molecule has 40 heavy (non-hydrogen) atoms. The van der Waals surface area contributed by atoms with Crippen LogP contribution in [0.25, 0.3) is 0 Å². The van der Waals surface area contributed by atoms with Gasteiger partial charge in [-0.2, -0.15) is 0 Å². The molecule has 2 aliphatic rings. The topological polar surface area (TPSA) is 94.9 Å². The van der Waals surface area contributed by atoms with Crippen molar-refractivity contribution in [1.29, 1.82) is 0 Å². The van der Waals surface area contributed by atoms with E-state index in [1.54, 1.807) is 43.0 Å². The van der Waals surface area contributed by atoms with Crippen molar-refractivity contribution in [2.75, 3.05) is 27.3 Å². The summed E-state index contributed by atoms with van der Waals surface area (Å²) in [4.78, 5) is 55.1. The van der Waals surface area contributed by atoms with Crippen molar-refractivity contribution in [1.82, 2.24) is 9.47 Å². The largest absolute Gasteiger partial charge is 0.416 e. The summed E-state index contributed by atoms with van der Waals surface area (Å²) in [6.07, 6.45) is 2.50. The van der Waals surface area contributed by atoms with E-state index in [0.29, 0.717) is 26.0 Å². The summed E-state index contributed by atoms with van der Waals surface area (Å²) in [5.41, 5.74) is -1.34. The van der Waals surface area contributed by atoms with E-state index in [4.69, 9.17) is 21.1 Å². The number of fused-ring (bicyclic) bond motifs is 2. The van der Waals surface area contributed by atoms with Gasteiger partial charge in [0, 0.05) is 39.9 Å². The Bertz CT molecular complexity index is 1550. The number of rotatable bonds is 8. The minimum Gasteiger partial charge on any atom is -0.416 e. The van der Waals surface area contributed by atoms with Crippen LogP contribution in [0, 0.1) is 11.7 Å². The molecule has 1 spiro atoms. The number of halogens is 2. The van der Waals surface area contributed by atoms with Crippen LogP contribution in [-0.4, -0.2) is 54.4 Å². The van der Waals surface area contributed by atoms with Crippen molar-refractivity contribution in [3.05, 3.63) is 98.2 Å². The van der Waals surface area contributed by atoms with Crippen molar-refractivity contribution < 1.29 is 28.2 Å². The Balaban J connectivity index is 1.58. The lowest BCUT2D eigenvalue weighted by Gasteiger charge is -2.54. The number of pyridine rings is 1. The number of ether oxygens (including phenoxy) is 2. The number of carbonyl (C=O) groups excluding carboxylic acids is 3. The minimum atomic E-state index is -0.862. The van der Waals surface area contributed by atoms with Gasteiger partial charge in [-0.25, -0.2) is 9.18 Å². The van der Waals surface area contributed by atoms with Gasteiger partial charge >= 0.3 is 5.97 Å². The molecule has 1 aromatic heterocycles. The molecule has 1 aliphatic heterocycles. The molecule has 0 unspecified atom stereocenters. The third kappa shape index (κ3) is 4.95. The number of aromatic nitrogens is 1. The summed E-state index contributed by atoms with van der Waals surface area (Å²) in [7, 11) is 3.25. The number of likely N-dealkylation sites (N-methyl/N-ethyl adjacent to an activating group) is 1. The maximum Gasteiger partial charge on any atom is 0.343 e. The summed E-state index contributed by atoms with van der Waals surface area (Å²) in [5.74, 6) is -2.77. The number of methoxy groups -OCH3 is 1. The zero-order valence-corrected chi connectivity index (χ0v) is 22.9. The summed E-state index contributed by atoms with van der Waals surface area (Å²) in [5, 5.41) is -0.0610. The molecule has 0 radical (unpaired) electrons. The van der Waals surface area contributed by atoms with E-state index in [1.807, 2.05) is 0 Å². The second-order valence-corrected chi connectivity index (χ2v) is 10.8. The molecular weight excluding hydrogens is 539 g/mol. The first-order chi connectivity index (χ1) is 19.1. The molecule has 1 amide bonds. The average Bonchev–Trinajstić information content (AvgIpc) is 2.92. The normalized spacial score (nSPS) is 19.8. The standard InChI is InChI=1S/C30H28ClFN2O6/c1-33-17-30(13-18(14-30)16-39-2)34-15-21(23(35)12-11-19-9-6-10-22(31)24(19)32)26(36)27(25(34)28(33)37)40-29(38)20-7-4-3-5-8-20/h3-10,15,18H,11-14,16-17H2,1-2H3. The Morgan fingerprint density at radius 2 is 1.82 bits per heavy atom. The molecule has 3 aromatic rings. The van der Waals surface area contributed by atoms with Crippen molar-refractivity contribution in [3.8, 4) is 5.75 Å². The SMILES string of the molecule is COCC1CC2(C1)CN(C)C(=O)c1c(OC(=O)c3ccccc3)c(=O)c(C(=O)CCc3cccc(Cl)c3F)cn12. The molecule has 0 atom stereocenters. The number of ketones is 1. The molecule has 10 heteroatoms. The number of benzene rings is 2. The van der Waals surface area contributed by atoms with E-state index < -0.39 is 40.2 Å². The van der Waals surface area contributed by atoms with Gasteiger partial charge in [-0.1, -0.05) is 41.9 Å². The quantitative estimate of drug-likeness (QED) is 0.294. The van der Waals surface area contributed by atoms with Gasteiger partial charge in [-0.3, -0.25) is 14.4 Å². The molecule has 1 saturated carbocycles. The second-order valence-electron chi connectivity index (χ2n) is 10.4. The van der Waals surface area contributed by atoms with Crippen LogP contribution in [0.2, 0.25) is 5.02 Å². The van der Waals surface area contributed by atoms with Crippen LogP contribution < -0.4 is 10.2 Å². The lowest BCUT2D eigenvalue weighted by atomic mass is 9.67. The number of aryl methyl sites for hydroxylation is 1. The number of nitrogens with zero attached hydrogens (tertiary/aromatic N) is 2. The molecule has 0 saturated heterocycles. The summed E-state index contributed by atoms with van der Waals surface area (Å²) >= 11 is 5.88. The molecule has 2 heterocycles. The van der Waals surface area contributed by atoms with Crippen LogP contribution in [0.4, 0.5) is 4.39 Å². The van der Waals surface area contributed by atoms with Gasteiger partial charge in [0.25, 0.3) is 5.91 Å². The number of hydrogen-bond acceptors (Lipinski definition) is 6. The Morgan fingerprint density at radius 1 is 1.10 bits per heavy atom. The van der Waals surface area contributed by atoms with Gasteiger partial charge in [0.1, 0.15) is 5.82 Å². The first-order valence-corrected chi connectivity index (χ1v) is 13.3. The van der Waals surface area contributed by atoms with Crippen molar-refractivity contribution in [2.24, 2.45) is 5.92 Å². The number of amides is 1. The van der Waals surface area contributed by atoms with E-state index in [1.165, 1.54) is 35.4 Å². The fourth-order valence-electron chi connectivity index (χ4n) is 5.77. The third-order valence-corrected chi connectivity index (χ3v) is 7.95. The Morgan fingerprint density at radius 3 is 2.52 bits per heavy atom. The van der Waals surface area contributed by atoms with Crippen LogP contribution in [0.1, 0.15) is 56.0 Å². The van der Waals surface area contributed by atoms with Gasteiger partial charge in [-0.05, 0) is 48.9 Å². The van der Waals surface area contributed by atoms with Gasteiger partial charge < -0.3 is 18.9 Å². The fourth-order valence-corrected chi connectivity index (χ4v) is 5.97. The molecular formula is C30H28ClFN2O6. The molecule has 2 aromatic carbocycles. The predicted molar refractivity (Wildman–Crippen MR) is 146 cm³/mol. The maximum absolute atomic E-state index is 14.4. The number of esters is 1. The first-order valence-electron chi connectivity index (χ1n) is 12.9. The van der Waals surface area contributed by atoms with Crippen molar-refractivity contribution >= 4 is 29.3 Å². The molecule has 8 nitrogen and oxygen atoms in total. The van der Waals surface area contributed by atoms with Crippen molar-refractivity contribution in [2.45, 2.75) is 31.2 Å². The van der Waals surface area contributed by atoms with E-state index in [-0.39, 0.29) is 46.2 Å². The lowest BCUT2D eigenvalue weighted by molar-refractivity contribution is -0.0190. The van der Waals surface area contributed by atoms with Gasteiger partial charge in [0.2, 0.25) is 11.2 Å². The van der Waals surface area contributed by atoms with Crippen LogP contribution >= 0.6 is 11.6 Å². The Labute approximate surface area is 235 Å². The molecule has 208 valence electrons. The lowest BCUT2D eigenvalue weighted by Crippen LogP contribution is -2.60. The minimum absolute atomic E-state index is 0.00821. The second kappa shape index (κ2) is 11.0.